The van der Waals surface area contributed by atoms with Crippen LogP contribution in [0.25, 0.3) is 0 Å². The van der Waals surface area contributed by atoms with Crippen LogP contribution >= 0.6 is 11.8 Å². The van der Waals surface area contributed by atoms with Crippen LogP contribution in [0.1, 0.15) is 5.56 Å². The van der Waals surface area contributed by atoms with Gasteiger partial charge in [0.2, 0.25) is 0 Å². The number of nitrogen functional groups attached to an aromatic ring is 1. The minimum absolute atomic E-state index is 0.204. The molecule has 1 aromatic carbocycles. The molecule has 0 radical (unpaired) electrons. The van der Waals surface area contributed by atoms with Crippen molar-refractivity contribution in [1.82, 2.24) is 0 Å². The molecule has 0 amide bonds. The van der Waals surface area contributed by atoms with Gasteiger partial charge < -0.3 is 15.6 Å². The molecule has 0 aromatic heterocycles. The Bertz CT molecular complexity index is 291. The smallest absolute Gasteiger partial charge is 0.123 e. The zero-order chi connectivity index (χ0) is 10.4. The van der Waals surface area contributed by atoms with Crippen molar-refractivity contribution >= 4 is 17.4 Å². The van der Waals surface area contributed by atoms with Crippen LogP contribution in [-0.4, -0.2) is 24.6 Å². The minimum atomic E-state index is 0.204. The van der Waals surface area contributed by atoms with Crippen molar-refractivity contribution in [2.24, 2.45) is 0 Å². The molecule has 0 spiro atoms. The molecule has 78 valence electrons. The van der Waals surface area contributed by atoms with Gasteiger partial charge in [0.1, 0.15) is 5.75 Å². The van der Waals surface area contributed by atoms with Gasteiger partial charge in [0.15, 0.2) is 0 Å². The van der Waals surface area contributed by atoms with Gasteiger partial charge in [-0.25, -0.2) is 0 Å². The number of benzene rings is 1. The summed E-state index contributed by atoms with van der Waals surface area (Å²) in [6.45, 7) is 0.204. The maximum atomic E-state index is 8.65. The average Bonchev–Trinajstić information content (AvgIpc) is 2.19. The van der Waals surface area contributed by atoms with E-state index in [1.807, 2.05) is 18.2 Å². The van der Waals surface area contributed by atoms with E-state index in [9.17, 15) is 0 Å². The third-order valence-corrected chi connectivity index (χ3v) is 2.78. The Morgan fingerprint density at radius 2 is 2.29 bits per heavy atom. The number of aliphatic hydroxyl groups is 1. The summed E-state index contributed by atoms with van der Waals surface area (Å²) in [5.74, 6) is 2.40. The fraction of sp³-hybridized carbons (Fsp3) is 0.400. The van der Waals surface area contributed by atoms with E-state index in [1.54, 1.807) is 18.9 Å². The number of hydrogen-bond donors (Lipinski definition) is 2. The standard InChI is InChI=1S/C10H15NO2S/c1-13-10-3-2-9(11)6-8(10)7-14-5-4-12/h2-3,6,12H,4-5,7,11H2,1H3. The van der Waals surface area contributed by atoms with E-state index in [4.69, 9.17) is 15.6 Å². The summed E-state index contributed by atoms with van der Waals surface area (Å²) in [5, 5.41) is 8.65. The molecule has 0 bridgehead atoms. The van der Waals surface area contributed by atoms with Crippen molar-refractivity contribution in [3.8, 4) is 5.75 Å². The number of ether oxygens (including phenoxy) is 1. The van der Waals surface area contributed by atoms with Crippen LogP contribution in [0.5, 0.6) is 5.75 Å². The third-order valence-electron chi connectivity index (χ3n) is 1.80. The Labute approximate surface area is 88.3 Å². The largest absolute Gasteiger partial charge is 0.496 e. The topological polar surface area (TPSA) is 55.5 Å². The van der Waals surface area contributed by atoms with Crippen molar-refractivity contribution in [2.75, 3.05) is 25.2 Å². The van der Waals surface area contributed by atoms with Crippen LogP contribution in [-0.2, 0) is 5.75 Å². The van der Waals surface area contributed by atoms with Crippen LogP contribution in [0.3, 0.4) is 0 Å². The Hall–Kier alpha value is -0.870. The Kier molecular flexibility index (Phi) is 4.62. The van der Waals surface area contributed by atoms with Crippen LogP contribution in [0.2, 0.25) is 0 Å². The molecule has 0 heterocycles. The molecule has 0 aliphatic rings. The summed E-state index contributed by atoms with van der Waals surface area (Å²) in [5.41, 5.74) is 7.49. The number of anilines is 1. The molecule has 1 aromatic rings. The molecular formula is C10H15NO2S. The molecule has 3 N–H and O–H groups in total. The molecule has 0 saturated heterocycles. The van der Waals surface area contributed by atoms with Crippen molar-refractivity contribution < 1.29 is 9.84 Å². The lowest BCUT2D eigenvalue weighted by atomic mass is 10.2. The summed E-state index contributed by atoms with van der Waals surface area (Å²) in [6.07, 6.45) is 0. The monoisotopic (exact) mass is 213 g/mol. The van der Waals surface area contributed by atoms with Crippen LogP contribution in [0.15, 0.2) is 18.2 Å². The Morgan fingerprint density at radius 3 is 2.93 bits per heavy atom. The van der Waals surface area contributed by atoms with E-state index in [0.717, 1.165) is 28.5 Å². The number of nitrogens with two attached hydrogens (primary N) is 1. The number of thioether (sulfide) groups is 1. The molecule has 14 heavy (non-hydrogen) atoms. The van der Waals surface area contributed by atoms with Crippen LogP contribution < -0.4 is 10.5 Å². The summed E-state index contributed by atoms with van der Waals surface area (Å²) in [7, 11) is 1.64. The Balaban J connectivity index is 2.67. The van der Waals surface area contributed by atoms with Gasteiger partial charge in [0, 0.05) is 22.8 Å². The van der Waals surface area contributed by atoms with Gasteiger partial charge in [-0.1, -0.05) is 0 Å². The first kappa shape index (κ1) is 11.2. The highest BCUT2D eigenvalue weighted by Crippen LogP contribution is 2.25. The maximum Gasteiger partial charge on any atom is 0.123 e. The highest BCUT2D eigenvalue weighted by molar-refractivity contribution is 7.98. The lowest BCUT2D eigenvalue weighted by molar-refractivity contribution is 0.322. The highest BCUT2D eigenvalue weighted by Gasteiger charge is 2.02. The zero-order valence-electron chi connectivity index (χ0n) is 8.19. The third kappa shape index (κ3) is 3.12. The lowest BCUT2D eigenvalue weighted by Gasteiger charge is -2.08. The molecule has 1 rings (SSSR count). The molecule has 0 saturated carbocycles. The maximum absolute atomic E-state index is 8.65. The second-order valence-electron chi connectivity index (χ2n) is 2.85. The molecule has 0 aliphatic carbocycles. The lowest BCUT2D eigenvalue weighted by Crippen LogP contribution is -1.94. The normalized spacial score (nSPS) is 10.1. The molecule has 0 aliphatic heterocycles. The molecule has 0 atom stereocenters. The first-order valence-electron chi connectivity index (χ1n) is 4.39. The first-order chi connectivity index (χ1) is 6.77. The van der Waals surface area contributed by atoms with Crippen molar-refractivity contribution in [3.05, 3.63) is 23.8 Å². The van der Waals surface area contributed by atoms with E-state index >= 15 is 0 Å². The van der Waals surface area contributed by atoms with Gasteiger partial charge in [0.25, 0.3) is 0 Å². The van der Waals surface area contributed by atoms with E-state index < -0.39 is 0 Å². The summed E-state index contributed by atoms with van der Waals surface area (Å²) in [6, 6.07) is 5.59. The summed E-state index contributed by atoms with van der Waals surface area (Å²) < 4.78 is 5.20. The highest BCUT2D eigenvalue weighted by atomic mass is 32.2. The van der Waals surface area contributed by atoms with E-state index in [0.29, 0.717) is 0 Å². The van der Waals surface area contributed by atoms with Gasteiger partial charge in [-0.3, -0.25) is 0 Å². The molecular weight excluding hydrogens is 198 g/mol. The van der Waals surface area contributed by atoms with Gasteiger partial charge >= 0.3 is 0 Å². The summed E-state index contributed by atoms with van der Waals surface area (Å²) in [4.78, 5) is 0. The van der Waals surface area contributed by atoms with Gasteiger partial charge in [-0.15, -0.1) is 0 Å². The molecule has 0 fully saturated rings. The number of methoxy groups -OCH3 is 1. The fourth-order valence-corrected chi connectivity index (χ4v) is 1.88. The van der Waals surface area contributed by atoms with Crippen LogP contribution in [0, 0.1) is 0 Å². The van der Waals surface area contributed by atoms with Gasteiger partial charge in [0.05, 0.1) is 13.7 Å². The second kappa shape index (κ2) is 5.78. The second-order valence-corrected chi connectivity index (χ2v) is 3.95. The average molecular weight is 213 g/mol. The van der Waals surface area contributed by atoms with Crippen LogP contribution in [0.4, 0.5) is 5.69 Å². The number of hydrogen-bond acceptors (Lipinski definition) is 4. The quantitative estimate of drug-likeness (QED) is 0.575. The zero-order valence-corrected chi connectivity index (χ0v) is 9.01. The number of aliphatic hydroxyl groups excluding tert-OH is 1. The van der Waals surface area contributed by atoms with Crippen molar-refractivity contribution in [1.29, 1.82) is 0 Å². The van der Waals surface area contributed by atoms with Gasteiger partial charge in [-0.2, -0.15) is 11.8 Å². The first-order valence-corrected chi connectivity index (χ1v) is 5.54. The summed E-state index contributed by atoms with van der Waals surface area (Å²) >= 11 is 1.66. The minimum Gasteiger partial charge on any atom is -0.496 e. The predicted molar refractivity (Wildman–Crippen MR) is 60.7 cm³/mol. The van der Waals surface area contributed by atoms with Crippen molar-refractivity contribution in [2.45, 2.75) is 5.75 Å². The Morgan fingerprint density at radius 1 is 1.50 bits per heavy atom. The number of rotatable bonds is 5. The van der Waals surface area contributed by atoms with E-state index in [-0.39, 0.29) is 6.61 Å². The molecule has 0 unspecified atom stereocenters. The molecule has 3 nitrogen and oxygen atoms in total. The predicted octanol–water partition coefficient (Wildman–Crippen LogP) is 1.50. The van der Waals surface area contributed by atoms with Crippen molar-refractivity contribution in [3.63, 3.8) is 0 Å². The SMILES string of the molecule is COc1ccc(N)cc1CSCCO. The van der Waals surface area contributed by atoms with E-state index in [2.05, 4.69) is 0 Å². The van der Waals surface area contributed by atoms with E-state index in [1.165, 1.54) is 0 Å². The fourth-order valence-electron chi connectivity index (χ4n) is 1.16. The van der Waals surface area contributed by atoms with Gasteiger partial charge in [-0.05, 0) is 18.2 Å². The molecule has 4 heteroatoms.